The summed E-state index contributed by atoms with van der Waals surface area (Å²) in [6.07, 6.45) is 0.525. The number of halogens is 3. The average Bonchev–Trinajstić information content (AvgIpc) is 3.31. The van der Waals surface area contributed by atoms with Crippen molar-refractivity contribution < 1.29 is 18.3 Å². The van der Waals surface area contributed by atoms with Crippen LogP contribution < -0.4 is 10.1 Å². The summed E-state index contributed by atoms with van der Waals surface area (Å²) >= 11 is 6.37. The van der Waals surface area contributed by atoms with Gasteiger partial charge in [0.1, 0.15) is 35.8 Å². The molecular weight excluding hydrogens is 488 g/mol. The van der Waals surface area contributed by atoms with E-state index in [4.69, 9.17) is 16.3 Å². The molecule has 0 saturated heterocycles. The number of hydrogen-bond acceptors (Lipinski definition) is 5. The molecule has 4 aromatic rings. The molecule has 0 radical (unpaired) electrons. The van der Waals surface area contributed by atoms with E-state index in [0.717, 1.165) is 29.5 Å². The van der Waals surface area contributed by atoms with Crippen LogP contribution in [0.25, 0.3) is 16.6 Å². The number of alkyl halides is 1. The third-order valence-corrected chi connectivity index (χ3v) is 6.16. The second kappa shape index (κ2) is 10.6. The van der Waals surface area contributed by atoms with Gasteiger partial charge >= 0.3 is 0 Å². The fourth-order valence-electron chi connectivity index (χ4n) is 4.05. The molecule has 188 valence electrons. The minimum atomic E-state index is -1.70. The van der Waals surface area contributed by atoms with Crippen LogP contribution in [-0.4, -0.2) is 31.8 Å². The summed E-state index contributed by atoms with van der Waals surface area (Å²) < 4.78 is 35.5. The molecule has 0 bridgehead atoms. The molecule has 0 aliphatic rings. The summed E-state index contributed by atoms with van der Waals surface area (Å²) in [5.41, 5.74) is 3.09. The lowest BCUT2D eigenvalue weighted by molar-refractivity contribution is -0.126. The standard InChI is InChI=1S/C26H26ClF2N5O2/c1-5-24-30-13-31-34(24)22-9-14(2)32-25-18(22)7-6-8-23(25)36-12-20-19(10-17(29)11-21(20)27)16(4)33-26(35)15(3)28/h6-11,13,15-16H,5,12H2,1-4H3,(H,33,35)/t15?,16-/m0/s1. The number of carbonyl (C=O) groups excluding carboxylic acids is 1. The number of fused-ring (bicyclic) bond motifs is 1. The van der Waals surface area contributed by atoms with Gasteiger partial charge in [-0.1, -0.05) is 30.7 Å². The van der Waals surface area contributed by atoms with Crippen molar-refractivity contribution in [2.75, 3.05) is 0 Å². The first-order valence-electron chi connectivity index (χ1n) is 11.5. The second-order valence-corrected chi connectivity index (χ2v) is 8.87. The molecular formula is C26H26ClF2N5O2. The third-order valence-electron chi connectivity index (χ3n) is 5.82. The van der Waals surface area contributed by atoms with Gasteiger partial charge in [-0.2, -0.15) is 5.10 Å². The number of rotatable bonds is 8. The Kier molecular flexibility index (Phi) is 7.49. The summed E-state index contributed by atoms with van der Waals surface area (Å²) in [6.45, 7) is 6.64. The van der Waals surface area contributed by atoms with Crippen molar-refractivity contribution in [3.8, 4) is 11.4 Å². The van der Waals surface area contributed by atoms with Gasteiger partial charge in [-0.05, 0) is 50.6 Å². The van der Waals surface area contributed by atoms with E-state index in [9.17, 15) is 13.6 Å². The molecule has 0 aliphatic heterocycles. The number of nitrogens with zero attached hydrogens (tertiary/aromatic N) is 4. The van der Waals surface area contributed by atoms with E-state index in [1.807, 2.05) is 32.0 Å². The maximum atomic E-state index is 14.2. The second-order valence-electron chi connectivity index (χ2n) is 8.47. The maximum absolute atomic E-state index is 14.2. The Balaban J connectivity index is 1.71. The Labute approximate surface area is 212 Å². The van der Waals surface area contributed by atoms with Crippen LogP contribution >= 0.6 is 11.6 Å². The van der Waals surface area contributed by atoms with Crippen LogP contribution in [0.3, 0.4) is 0 Å². The fourth-order valence-corrected chi connectivity index (χ4v) is 4.31. The summed E-state index contributed by atoms with van der Waals surface area (Å²) in [5, 5.41) is 7.88. The van der Waals surface area contributed by atoms with E-state index in [1.54, 1.807) is 17.7 Å². The largest absolute Gasteiger partial charge is 0.487 e. The van der Waals surface area contributed by atoms with Crippen molar-refractivity contribution in [2.24, 2.45) is 0 Å². The molecule has 2 aromatic carbocycles. The van der Waals surface area contributed by atoms with Crippen molar-refractivity contribution in [3.05, 3.63) is 76.2 Å². The summed E-state index contributed by atoms with van der Waals surface area (Å²) in [6, 6.07) is 9.24. The first-order chi connectivity index (χ1) is 17.2. The van der Waals surface area contributed by atoms with Gasteiger partial charge in [0, 0.05) is 23.1 Å². The smallest absolute Gasteiger partial charge is 0.254 e. The van der Waals surface area contributed by atoms with Crippen LogP contribution in [0.2, 0.25) is 5.02 Å². The molecule has 0 saturated carbocycles. The lowest BCUT2D eigenvalue weighted by atomic mass is 10.0. The van der Waals surface area contributed by atoms with Crippen molar-refractivity contribution in [3.63, 3.8) is 0 Å². The lowest BCUT2D eigenvalue weighted by Gasteiger charge is -2.20. The number of aromatic nitrogens is 4. The zero-order valence-corrected chi connectivity index (χ0v) is 21.1. The molecule has 10 heteroatoms. The van der Waals surface area contributed by atoms with Crippen molar-refractivity contribution >= 4 is 28.4 Å². The highest BCUT2D eigenvalue weighted by Gasteiger charge is 2.21. The first-order valence-corrected chi connectivity index (χ1v) is 11.9. The van der Waals surface area contributed by atoms with E-state index in [2.05, 4.69) is 20.4 Å². The van der Waals surface area contributed by atoms with E-state index in [0.29, 0.717) is 28.8 Å². The van der Waals surface area contributed by atoms with Crippen LogP contribution in [0.5, 0.6) is 5.75 Å². The molecule has 4 rings (SSSR count). The van der Waals surface area contributed by atoms with Gasteiger partial charge in [0.05, 0.1) is 16.8 Å². The first kappa shape index (κ1) is 25.5. The number of pyridine rings is 1. The third kappa shape index (κ3) is 5.16. The van der Waals surface area contributed by atoms with E-state index >= 15 is 0 Å². The van der Waals surface area contributed by atoms with Crippen molar-refractivity contribution in [2.45, 2.75) is 52.9 Å². The maximum Gasteiger partial charge on any atom is 0.254 e. The van der Waals surface area contributed by atoms with E-state index < -0.39 is 23.9 Å². The Morgan fingerprint density at radius 3 is 2.75 bits per heavy atom. The predicted octanol–water partition coefficient (Wildman–Crippen LogP) is 5.59. The van der Waals surface area contributed by atoms with Crippen LogP contribution in [-0.2, 0) is 17.8 Å². The Morgan fingerprint density at radius 1 is 1.25 bits per heavy atom. The van der Waals surface area contributed by atoms with Gasteiger partial charge < -0.3 is 10.1 Å². The van der Waals surface area contributed by atoms with Crippen molar-refractivity contribution in [1.82, 2.24) is 25.1 Å². The fraction of sp³-hybridized carbons (Fsp3) is 0.308. The van der Waals surface area contributed by atoms with Crippen LogP contribution in [0.4, 0.5) is 8.78 Å². The zero-order chi connectivity index (χ0) is 26.0. The van der Waals surface area contributed by atoms with Crippen LogP contribution in [0.1, 0.15) is 49.5 Å². The Morgan fingerprint density at radius 2 is 2.03 bits per heavy atom. The van der Waals surface area contributed by atoms with Gasteiger partial charge in [-0.25, -0.2) is 23.4 Å². The summed E-state index contributed by atoms with van der Waals surface area (Å²) in [4.78, 5) is 20.9. The Hall–Kier alpha value is -3.59. The van der Waals surface area contributed by atoms with E-state index in [1.165, 1.54) is 18.5 Å². The predicted molar refractivity (Wildman–Crippen MR) is 134 cm³/mol. The minimum absolute atomic E-state index is 0.0204. The number of para-hydroxylation sites is 1. The van der Waals surface area contributed by atoms with Crippen molar-refractivity contribution in [1.29, 1.82) is 0 Å². The highest BCUT2D eigenvalue weighted by Crippen LogP contribution is 2.32. The number of hydrogen-bond donors (Lipinski definition) is 1. The van der Waals surface area contributed by atoms with Crippen LogP contribution in [0.15, 0.2) is 42.7 Å². The highest BCUT2D eigenvalue weighted by molar-refractivity contribution is 6.31. The molecule has 2 heterocycles. The number of nitrogens with one attached hydrogen (secondary N) is 1. The zero-order valence-electron chi connectivity index (χ0n) is 20.3. The normalized spacial score (nSPS) is 13.0. The highest BCUT2D eigenvalue weighted by atomic mass is 35.5. The molecule has 0 aliphatic carbocycles. The minimum Gasteiger partial charge on any atom is -0.487 e. The van der Waals surface area contributed by atoms with Crippen LogP contribution in [0, 0.1) is 12.7 Å². The number of benzene rings is 2. The SMILES string of the molecule is CCc1ncnn1-c1cc(C)nc2c(OCc3c(Cl)cc(F)cc3[C@H](C)NC(=O)C(C)F)cccc12. The lowest BCUT2D eigenvalue weighted by Crippen LogP contribution is -2.33. The van der Waals surface area contributed by atoms with Gasteiger partial charge in [0.15, 0.2) is 6.17 Å². The molecule has 7 nitrogen and oxygen atoms in total. The number of carbonyl (C=O) groups is 1. The summed E-state index contributed by atoms with van der Waals surface area (Å²) in [7, 11) is 0. The molecule has 1 N–H and O–H groups in total. The Bertz CT molecular complexity index is 1420. The molecule has 0 spiro atoms. The quantitative estimate of drug-likeness (QED) is 0.332. The summed E-state index contributed by atoms with van der Waals surface area (Å²) in [5.74, 6) is -0.0546. The van der Waals surface area contributed by atoms with E-state index in [-0.39, 0.29) is 11.6 Å². The number of ether oxygens (including phenoxy) is 1. The number of amides is 1. The molecule has 0 fully saturated rings. The molecule has 2 aromatic heterocycles. The van der Waals surface area contributed by atoms with Gasteiger partial charge in [-0.3, -0.25) is 4.79 Å². The number of aryl methyl sites for hydroxylation is 2. The van der Waals surface area contributed by atoms with Gasteiger partial charge in [-0.15, -0.1) is 0 Å². The van der Waals surface area contributed by atoms with Gasteiger partial charge in [0.2, 0.25) is 0 Å². The molecule has 36 heavy (non-hydrogen) atoms. The molecule has 2 atom stereocenters. The molecule has 1 unspecified atom stereocenters. The average molecular weight is 514 g/mol. The van der Waals surface area contributed by atoms with Gasteiger partial charge in [0.25, 0.3) is 5.91 Å². The topological polar surface area (TPSA) is 81.9 Å². The monoisotopic (exact) mass is 513 g/mol. The molecule has 1 amide bonds.